The van der Waals surface area contributed by atoms with Gasteiger partial charge in [-0.15, -0.1) is 0 Å². The van der Waals surface area contributed by atoms with Gasteiger partial charge in [-0.05, 0) is 41.4 Å². The fourth-order valence-electron chi connectivity index (χ4n) is 1.11. The lowest BCUT2D eigenvalue weighted by Gasteiger charge is -2.10. The second-order valence-electron chi connectivity index (χ2n) is 2.97. The van der Waals surface area contributed by atoms with Gasteiger partial charge in [-0.1, -0.05) is 6.07 Å². The predicted octanol–water partition coefficient (Wildman–Crippen LogP) is 2.48. The van der Waals surface area contributed by atoms with Crippen molar-refractivity contribution in [3.63, 3.8) is 0 Å². The molecule has 0 amide bonds. The second kappa shape index (κ2) is 3.46. The molecule has 0 spiro atoms. The lowest BCUT2D eigenvalue weighted by atomic mass is 10.1. The summed E-state index contributed by atoms with van der Waals surface area (Å²) in [6.07, 6.45) is 0. The fourth-order valence-corrected chi connectivity index (χ4v) is 1.70. The molecule has 0 heterocycles. The minimum atomic E-state index is -0.138. The Bertz CT molecular complexity index is 297. The van der Waals surface area contributed by atoms with Crippen LogP contribution in [-0.2, 0) is 0 Å². The smallest absolute Gasteiger partial charge is 0.134 e. The molecule has 1 atom stereocenters. The predicted molar refractivity (Wildman–Crippen MR) is 53.1 cm³/mol. The van der Waals surface area contributed by atoms with Crippen LogP contribution < -0.4 is 5.73 Å². The van der Waals surface area contributed by atoms with Gasteiger partial charge in [0.2, 0.25) is 0 Å². The van der Waals surface area contributed by atoms with Gasteiger partial charge in [0.1, 0.15) is 5.75 Å². The number of rotatable bonds is 1. The Morgan fingerprint density at radius 2 is 2.08 bits per heavy atom. The molecule has 1 aromatic carbocycles. The molecule has 3 N–H and O–H groups in total. The highest BCUT2D eigenvalue weighted by Gasteiger charge is 2.09. The zero-order valence-corrected chi connectivity index (χ0v) is 8.72. The van der Waals surface area contributed by atoms with Gasteiger partial charge in [-0.2, -0.15) is 0 Å². The summed E-state index contributed by atoms with van der Waals surface area (Å²) in [6, 6.07) is 3.62. The van der Waals surface area contributed by atoms with Gasteiger partial charge >= 0.3 is 0 Å². The Morgan fingerprint density at radius 1 is 1.50 bits per heavy atom. The van der Waals surface area contributed by atoms with Crippen molar-refractivity contribution in [1.29, 1.82) is 0 Å². The number of hydrogen-bond donors (Lipinski definition) is 2. The zero-order chi connectivity index (χ0) is 9.30. The number of aromatic hydroxyl groups is 1. The molecular formula is C9H12BrNO. The molecule has 2 nitrogen and oxygen atoms in total. The quantitative estimate of drug-likeness (QED) is 0.778. The highest BCUT2D eigenvalue weighted by molar-refractivity contribution is 9.10. The summed E-state index contributed by atoms with van der Waals surface area (Å²) in [5.74, 6) is 0.246. The standard InChI is InChI=1S/C9H12BrNO/c1-5-3-7(6(2)11)9(12)8(10)4-5/h3-4,6,12H,11H2,1-2H3/t6-/m1/s1. The Kier molecular flexibility index (Phi) is 2.75. The fraction of sp³-hybridized carbons (Fsp3) is 0.333. The van der Waals surface area contributed by atoms with Crippen LogP contribution >= 0.6 is 15.9 Å². The van der Waals surface area contributed by atoms with Crippen molar-refractivity contribution in [2.24, 2.45) is 5.73 Å². The molecule has 0 aliphatic heterocycles. The summed E-state index contributed by atoms with van der Waals surface area (Å²) >= 11 is 3.26. The number of benzene rings is 1. The molecule has 0 saturated carbocycles. The number of hydrogen-bond acceptors (Lipinski definition) is 2. The molecule has 0 fully saturated rings. The normalized spacial score (nSPS) is 13.0. The monoisotopic (exact) mass is 229 g/mol. The Balaban J connectivity index is 3.28. The number of aryl methyl sites for hydroxylation is 1. The summed E-state index contributed by atoms with van der Waals surface area (Å²) in [6.45, 7) is 3.82. The van der Waals surface area contributed by atoms with Gasteiger partial charge in [-0.25, -0.2) is 0 Å². The highest BCUT2D eigenvalue weighted by Crippen LogP contribution is 2.32. The average molecular weight is 230 g/mol. The molecule has 1 rings (SSSR count). The maximum absolute atomic E-state index is 9.57. The molecule has 0 bridgehead atoms. The minimum absolute atomic E-state index is 0.138. The van der Waals surface area contributed by atoms with Crippen LogP contribution in [0.3, 0.4) is 0 Å². The molecule has 3 heteroatoms. The summed E-state index contributed by atoms with van der Waals surface area (Å²) in [5.41, 5.74) is 7.54. The second-order valence-corrected chi connectivity index (χ2v) is 3.83. The minimum Gasteiger partial charge on any atom is -0.506 e. The first-order valence-electron chi connectivity index (χ1n) is 3.77. The molecule has 0 aliphatic carbocycles. The van der Waals surface area contributed by atoms with Crippen LogP contribution in [0, 0.1) is 6.92 Å². The maximum Gasteiger partial charge on any atom is 0.134 e. The van der Waals surface area contributed by atoms with Crippen molar-refractivity contribution in [2.45, 2.75) is 19.9 Å². The van der Waals surface area contributed by atoms with Crippen LogP contribution in [0.1, 0.15) is 24.1 Å². The van der Waals surface area contributed by atoms with Crippen LogP contribution in [0.25, 0.3) is 0 Å². The number of phenolic OH excluding ortho intramolecular Hbond substituents is 1. The molecule has 12 heavy (non-hydrogen) atoms. The molecule has 0 unspecified atom stereocenters. The van der Waals surface area contributed by atoms with Gasteiger partial charge < -0.3 is 10.8 Å². The molecule has 0 aromatic heterocycles. The van der Waals surface area contributed by atoms with Gasteiger partial charge in [0.05, 0.1) is 4.47 Å². The van der Waals surface area contributed by atoms with E-state index in [0.29, 0.717) is 4.47 Å². The summed E-state index contributed by atoms with van der Waals surface area (Å²) < 4.78 is 0.704. The number of halogens is 1. The van der Waals surface area contributed by atoms with Crippen LogP contribution in [-0.4, -0.2) is 5.11 Å². The Hall–Kier alpha value is -0.540. The molecule has 0 radical (unpaired) electrons. The average Bonchev–Trinajstić information content (AvgIpc) is 1.96. The number of nitrogens with two attached hydrogens (primary N) is 1. The first-order valence-corrected chi connectivity index (χ1v) is 4.56. The van der Waals surface area contributed by atoms with Gasteiger partial charge in [-0.3, -0.25) is 0 Å². The van der Waals surface area contributed by atoms with Crippen LogP contribution in [0.5, 0.6) is 5.75 Å². The number of phenols is 1. The van der Waals surface area contributed by atoms with E-state index in [1.807, 2.05) is 26.0 Å². The molecular weight excluding hydrogens is 218 g/mol. The van der Waals surface area contributed by atoms with Crippen molar-refractivity contribution in [1.82, 2.24) is 0 Å². The van der Waals surface area contributed by atoms with Crippen molar-refractivity contribution in [3.8, 4) is 5.75 Å². The third kappa shape index (κ3) is 1.79. The van der Waals surface area contributed by atoms with Crippen molar-refractivity contribution < 1.29 is 5.11 Å². The largest absolute Gasteiger partial charge is 0.506 e. The summed E-state index contributed by atoms with van der Waals surface area (Å²) in [7, 11) is 0. The van der Waals surface area contributed by atoms with Crippen LogP contribution in [0.15, 0.2) is 16.6 Å². The summed E-state index contributed by atoms with van der Waals surface area (Å²) in [5, 5.41) is 9.57. The van der Waals surface area contributed by atoms with E-state index >= 15 is 0 Å². The van der Waals surface area contributed by atoms with Gasteiger partial charge in [0, 0.05) is 11.6 Å². The zero-order valence-electron chi connectivity index (χ0n) is 7.13. The third-order valence-corrected chi connectivity index (χ3v) is 2.33. The van der Waals surface area contributed by atoms with Crippen molar-refractivity contribution >= 4 is 15.9 Å². The van der Waals surface area contributed by atoms with Crippen molar-refractivity contribution in [2.75, 3.05) is 0 Å². The molecule has 1 aromatic rings. The van der Waals surface area contributed by atoms with E-state index in [4.69, 9.17) is 5.73 Å². The van der Waals surface area contributed by atoms with Gasteiger partial charge in [0.25, 0.3) is 0 Å². The van der Waals surface area contributed by atoms with E-state index in [9.17, 15) is 5.11 Å². The Morgan fingerprint density at radius 3 is 2.58 bits per heavy atom. The van der Waals surface area contributed by atoms with Crippen molar-refractivity contribution in [3.05, 3.63) is 27.7 Å². The molecule has 0 aliphatic rings. The third-order valence-electron chi connectivity index (χ3n) is 1.73. The molecule has 0 saturated heterocycles. The van der Waals surface area contributed by atoms with E-state index < -0.39 is 0 Å². The van der Waals surface area contributed by atoms with Crippen LogP contribution in [0.4, 0.5) is 0 Å². The SMILES string of the molecule is Cc1cc(Br)c(O)c([C@@H](C)N)c1. The van der Waals surface area contributed by atoms with E-state index in [2.05, 4.69) is 15.9 Å². The summed E-state index contributed by atoms with van der Waals surface area (Å²) in [4.78, 5) is 0. The van der Waals surface area contributed by atoms with E-state index in [1.165, 1.54) is 0 Å². The van der Waals surface area contributed by atoms with E-state index in [1.54, 1.807) is 0 Å². The van der Waals surface area contributed by atoms with Gasteiger partial charge in [0.15, 0.2) is 0 Å². The maximum atomic E-state index is 9.57. The molecule has 66 valence electrons. The lowest BCUT2D eigenvalue weighted by Crippen LogP contribution is -2.05. The van der Waals surface area contributed by atoms with E-state index in [-0.39, 0.29) is 11.8 Å². The van der Waals surface area contributed by atoms with Crippen LogP contribution in [0.2, 0.25) is 0 Å². The van der Waals surface area contributed by atoms with E-state index in [0.717, 1.165) is 11.1 Å². The first-order chi connectivity index (χ1) is 5.52. The Labute approximate surface area is 80.5 Å². The lowest BCUT2D eigenvalue weighted by molar-refractivity contribution is 0.460. The highest BCUT2D eigenvalue weighted by atomic mass is 79.9. The topological polar surface area (TPSA) is 46.2 Å². The first kappa shape index (κ1) is 9.55.